The first-order valence-corrected chi connectivity index (χ1v) is 10.0. The highest BCUT2D eigenvalue weighted by molar-refractivity contribution is 6.30. The molecule has 3 aromatic rings. The minimum Gasteiger partial charge on any atom is -0.483 e. The van der Waals surface area contributed by atoms with E-state index in [4.69, 9.17) is 16.3 Å². The molecule has 0 spiro atoms. The van der Waals surface area contributed by atoms with Gasteiger partial charge in [0.05, 0.1) is 12.2 Å². The van der Waals surface area contributed by atoms with Gasteiger partial charge in [0, 0.05) is 23.2 Å². The number of aryl methyl sites for hydroxylation is 2. The summed E-state index contributed by atoms with van der Waals surface area (Å²) < 4.78 is 7.00. The quantitative estimate of drug-likeness (QED) is 0.626. The molecule has 6 nitrogen and oxygen atoms in total. The largest absolute Gasteiger partial charge is 0.483 e. The van der Waals surface area contributed by atoms with Crippen LogP contribution in [0.4, 0.5) is 0 Å². The molecule has 1 amide bonds. The van der Waals surface area contributed by atoms with Crippen LogP contribution in [0.3, 0.4) is 0 Å². The van der Waals surface area contributed by atoms with E-state index in [1.807, 2.05) is 39.0 Å². The molecule has 0 radical (unpaired) electrons. The average Bonchev–Trinajstić information content (AvgIpc) is 2.71. The summed E-state index contributed by atoms with van der Waals surface area (Å²) in [5.74, 6) is 0.451. The molecule has 0 unspecified atom stereocenters. The van der Waals surface area contributed by atoms with Crippen molar-refractivity contribution in [3.8, 4) is 17.0 Å². The molecule has 30 heavy (non-hydrogen) atoms. The van der Waals surface area contributed by atoms with Crippen LogP contribution in [0, 0.1) is 20.8 Å². The number of nitrogens with zero attached hydrogens (tertiary/aromatic N) is 2. The van der Waals surface area contributed by atoms with Gasteiger partial charge in [0.25, 0.3) is 11.5 Å². The van der Waals surface area contributed by atoms with Crippen LogP contribution < -0.4 is 15.6 Å². The second-order valence-electron chi connectivity index (χ2n) is 7.13. The van der Waals surface area contributed by atoms with Gasteiger partial charge in [0.2, 0.25) is 0 Å². The van der Waals surface area contributed by atoms with Crippen LogP contribution in [-0.4, -0.2) is 28.8 Å². The summed E-state index contributed by atoms with van der Waals surface area (Å²) in [6, 6.07) is 14.3. The predicted octanol–water partition coefficient (Wildman–Crippen LogP) is 3.68. The Morgan fingerprint density at radius 1 is 1.10 bits per heavy atom. The first-order valence-electron chi connectivity index (χ1n) is 9.65. The Hall–Kier alpha value is -3.12. The van der Waals surface area contributed by atoms with E-state index in [-0.39, 0.29) is 31.2 Å². The predicted molar refractivity (Wildman–Crippen MR) is 118 cm³/mol. The van der Waals surface area contributed by atoms with Crippen LogP contribution >= 0.6 is 11.6 Å². The highest BCUT2D eigenvalue weighted by atomic mass is 35.5. The lowest BCUT2D eigenvalue weighted by Gasteiger charge is -2.13. The number of hydrogen-bond donors (Lipinski definition) is 1. The number of carbonyl (C=O) groups excluding carboxylic acids is 1. The van der Waals surface area contributed by atoms with Gasteiger partial charge < -0.3 is 10.1 Å². The summed E-state index contributed by atoms with van der Waals surface area (Å²) in [6.45, 7) is 6.41. The molecule has 156 valence electrons. The second-order valence-corrected chi connectivity index (χ2v) is 7.57. The smallest absolute Gasteiger partial charge is 0.266 e. The minimum absolute atomic E-state index is 0.0864. The van der Waals surface area contributed by atoms with Crippen molar-refractivity contribution in [3.05, 3.63) is 80.6 Å². The topological polar surface area (TPSA) is 73.2 Å². The Kier molecular flexibility index (Phi) is 6.90. The summed E-state index contributed by atoms with van der Waals surface area (Å²) in [6.07, 6.45) is 0. The third-order valence-electron chi connectivity index (χ3n) is 4.78. The van der Waals surface area contributed by atoms with Crippen molar-refractivity contribution in [1.29, 1.82) is 0 Å². The Morgan fingerprint density at radius 3 is 2.57 bits per heavy atom. The Labute approximate surface area is 180 Å². The van der Waals surface area contributed by atoms with Crippen molar-refractivity contribution < 1.29 is 9.53 Å². The lowest BCUT2D eigenvalue weighted by Crippen LogP contribution is -2.34. The molecule has 0 bridgehead atoms. The normalized spacial score (nSPS) is 10.7. The summed E-state index contributed by atoms with van der Waals surface area (Å²) in [4.78, 5) is 24.2. The third kappa shape index (κ3) is 5.48. The zero-order valence-electron chi connectivity index (χ0n) is 17.2. The molecule has 7 heteroatoms. The molecule has 1 aromatic heterocycles. The zero-order chi connectivity index (χ0) is 21.7. The van der Waals surface area contributed by atoms with Gasteiger partial charge in [-0.05, 0) is 61.7 Å². The van der Waals surface area contributed by atoms with E-state index in [2.05, 4.69) is 16.5 Å². The number of amides is 1. The summed E-state index contributed by atoms with van der Waals surface area (Å²) in [5, 5.41) is 7.77. The van der Waals surface area contributed by atoms with Gasteiger partial charge in [-0.3, -0.25) is 9.59 Å². The van der Waals surface area contributed by atoms with E-state index in [9.17, 15) is 9.59 Å². The van der Waals surface area contributed by atoms with Gasteiger partial charge in [0.15, 0.2) is 6.61 Å². The zero-order valence-corrected chi connectivity index (χ0v) is 18.0. The lowest BCUT2D eigenvalue weighted by atomic mass is 10.1. The average molecular weight is 426 g/mol. The Balaban J connectivity index is 1.56. The maximum atomic E-state index is 12.1. The van der Waals surface area contributed by atoms with Gasteiger partial charge in [-0.1, -0.05) is 29.8 Å². The highest BCUT2D eigenvalue weighted by Gasteiger charge is 2.08. The molecule has 1 N–H and O–H groups in total. The number of ether oxygens (including phenoxy) is 1. The van der Waals surface area contributed by atoms with Gasteiger partial charge >= 0.3 is 0 Å². The van der Waals surface area contributed by atoms with Crippen molar-refractivity contribution in [3.63, 3.8) is 0 Å². The third-order valence-corrected chi connectivity index (χ3v) is 5.03. The van der Waals surface area contributed by atoms with Crippen LogP contribution in [0.5, 0.6) is 5.75 Å². The fraction of sp³-hybridized carbons (Fsp3) is 0.261. The Morgan fingerprint density at radius 2 is 1.83 bits per heavy atom. The second kappa shape index (κ2) is 9.59. The minimum atomic E-state index is -0.254. The van der Waals surface area contributed by atoms with E-state index in [0.29, 0.717) is 16.5 Å². The SMILES string of the molecule is Cc1cc(C)c(C)c(OCC(=O)NCCn2nc(-c3ccc(Cl)cc3)ccc2=O)c1. The molecule has 0 fully saturated rings. The van der Waals surface area contributed by atoms with Crippen molar-refractivity contribution in [2.45, 2.75) is 27.3 Å². The highest BCUT2D eigenvalue weighted by Crippen LogP contribution is 2.23. The first kappa shape index (κ1) is 21.6. The number of nitrogens with one attached hydrogen (secondary N) is 1. The standard InChI is InChI=1S/C23H24ClN3O3/c1-15-12-16(2)17(3)21(13-15)30-14-22(28)25-10-11-27-23(29)9-8-20(26-27)18-4-6-19(24)7-5-18/h4-9,12-13H,10-11,14H2,1-3H3,(H,25,28). The summed E-state index contributed by atoms with van der Waals surface area (Å²) in [5.41, 5.74) is 4.50. The van der Waals surface area contributed by atoms with E-state index < -0.39 is 0 Å². The molecular formula is C23H24ClN3O3. The van der Waals surface area contributed by atoms with Crippen LogP contribution in [-0.2, 0) is 11.3 Å². The molecule has 1 heterocycles. The molecule has 3 rings (SSSR count). The molecule has 0 saturated heterocycles. The van der Waals surface area contributed by atoms with Gasteiger partial charge in [-0.25, -0.2) is 4.68 Å². The van der Waals surface area contributed by atoms with Gasteiger partial charge in [-0.15, -0.1) is 0 Å². The number of aromatic nitrogens is 2. The summed E-state index contributed by atoms with van der Waals surface area (Å²) >= 11 is 5.92. The monoisotopic (exact) mass is 425 g/mol. The number of hydrogen-bond acceptors (Lipinski definition) is 4. The number of halogens is 1. The van der Waals surface area contributed by atoms with Crippen LogP contribution in [0.1, 0.15) is 16.7 Å². The fourth-order valence-corrected chi connectivity index (χ4v) is 3.16. The van der Waals surface area contributed by atoms with Gasteiger partial charge in [-0.2, -0.15) is 5.10 Å². The molecule has 0 aliphatic heterocycles. The van der Waals surface area contributed by atoms with E-state index in [1.54, 1.807) is 18.2 Å². The van der Waals surface area contributed by atoms with Crippen LogP contribution in [0.2, 0.25) is 5.02 Å². The van der Waals surface area contributed by atoms with Crippen molar-refractivity contribution in [1.82, 2.24) is 15.1 Å². The molecule has 0 atom stereocenters. The van der Waals surface area contributed by atoms with Crippen molar-refractivity contribution in [2.24, 2.45) is 0 Å². The number of carbonyl (C=O) groups is 1. The maximum absolute atomic E-state index is 12.1. The maximum Gasteiger partial charge on any atom is 0.266 e. The lowest BCUT2D eigenvalue weighted by molar-refractivity contribution is -0.123. The number of benzene rings is 2. The Bertz CT molecular complexity index is 1110. The number of rotatable bonds is 7. The molecule has 0 saturated carbocycles. The fourth-order valence-electron chi connectivity index (χ4n) is 3.03. The van der Waals surface area contributed by atoms with Crippen LogP contribution in [0.15, 0.2) is 53.3 Å². The van der Waals surface area contributed by atoms with Gasteiger partial charge in [0.1, 0.15) is 5.75 Å². The molecule has 0 aliphatic carbocycles. The van der Waals surface area contributed by atoms with E-state index in [0.717, 1.165) is 22.3 Å². The molecular weight excluding hydrogens is 402 g/mol. The molecule has 2 aromatic carbocycles. The van der Waals surface area contributed by atoms with E-state index >= 15 is 0 Å². The molecule has 0 aliphatic rings. The summed E-state index contributed by atoms with van der Waals surface area (Å²) in [7, 11) is 0. The van der Waals surface area contributed by atoms with Crippen molar-refractivity contribution >= 4 is 17.5 Å². The van der Waals surface area contributed by atoms with Crippen molar-refractivity contribution in [2.75, 3.05) is 13.2 Å². The van der Waals surface area contributed by atoms with Crippen LogP contribution in [0.25, 0.3) is 11.3 Å². The first-order chi connectivity index (χ1) is 14.3. The van der Waals surface area contributed by atoms with E-state index in [1.165, 1.54) is 10.7 Å².